The first-order valence-corrected chi connectivity index (χ1v) is 6.32. The summed E-state index contributed by atoms with van der Waals surface area (Å²) in [5, 5.41) is 14.1. The molecule has 0 saturated heterocycles. The average Bonchev–Trinajstić information content (AvgIpc) is 2.43. The highest BCUT2D eigenvalue weighted by molar-refractivity contribution is 6.43. The van der Waals surface area contributed by atoms with Gasteiger partial charge in [-0.2, -0.15) is 0 Å². The summed E-state index contributed by atoms with van der Waals surface area (Å²) in [6.45, 7) is 0. The maximum absolute atomic E-state index is 11.1. The zero-order valence-corrected chi connectivity index (χ0v) is 11.9. The Morgan fingerprint density at radius 1 is 1.15 bits per heavy atom. The number of hydrogen-bond acceptors (Lipinski definition) is 4. The number of nitro groups is 1. The quantitative estimate of drug-likeness (QED) is 0.659. The number of nitrogens with zero attached hydrogens (tertiary/aromatic N) is 1. The molecular weight excluding hydrogens is 303 g/mol. The smallest absolute Gasteiger partial charge is 0.312 e. The molecule has 0 saturated carbocycles. The zero-order chi connectivity index (χ0) is 14.7. The van der Waals surface area contributed by atoms with Crippen LogP contribution in [0.1, 0.15) is 0 Å². The summed E-state index contributed by atoms with van der Waals surface area (Å²) in [6, 6.07) is 9.98. The molecule has 20 heavy (non-hydrogen) atoms. The van der Waals surface area contributed by atoms with Gasteiger partial charge in [0.2, 0.25) is 0 Å². The molecule has 0 fully saturated rings. The van der Waals surface area contributed by atoms with E-state index < -0.39 is 4.92 Å². The Morgan fingerprint density at radius 3 is 2.35 bits per heavy atom. The summed E-state index contributed by atoms with van der Waals surface area (Å²) in [6.07, 6.45) is 0. The van der Waals surface area contributed by atoms with Gasteiger partial charge in [0, 0.05) is 5.69 Å². The first-order valence-electron chi connectivity index (χ1n) is 5.56. The van der Waals surface area contributed by atoms with Gasteiger partial charge in [0.25, 0.3) is 0 Å². The van der Waals surface area contributed by atoms with Crippen LogP contribution in [0.3, 0.4) is 0 Å². The van der Waals surface area contributed by atoms with Crippen molar-refractivity contribution in [3.63, 3.8) is 0 Å². The van der Waals surface area contributed by atoms with Gasteiger partial charge in [-0.15, -0.1) is 0 Å². The fraction of sp³-hybridized carbons (Fsp3) is 0.0769. The Morgan fingerprint density at radius 2 is 1.80 bits per heavy atom. The van der Waals surface area contributed by atoms with Gasteiger partial charge < -0.3 is 10.1 Å². The van der Waals surface area contributed by atoms with Crippen LogP contribution in [-0.2, 0) is 0 Å². The predicted octanol–water partition coefficient (Wildman–Crippen LogP) is 4.65. The molecule has 104 valence electrons. The summed E-state index contributed by atoms with van der Waals surface area (Å²) >= 11 is 11.7. The number of rotatable bonds is 4. The second-order valence-corrected chi connectivity index (χ2v) is 4.65. The first-order chi connectivity index (χ1) is 9.52. The van der Waals surface area contributed by atoms with Crippen molar-refractivity contribution in [1.82, 2.24) is 0 Å². The highest BCUT2D eigenvalue weighted by Crippen LogP contribution is 2.39. The van der Waals surface area contributed by atoms with Crippen LogP contribution in [0, 0.1) is 10.1 Å². The number of hydrogen-bond donors (Lipinski definition) is 1. The number of methoxy groups -OCH3 is 1. The van der Waals surface area contributed by atoms with E-state index in [2.05, 4.69) is 5.32 Å². The van der Waals surface area contributed by atoms with Crippen LogP contribution in [0.15, 0.2) is 36.4 Å². The molecule has 7 heteroatoms. The molecular formula is C13H10Cl2N2O3. The van der Waals surface area contributed by atoms with E-state index in [9.17, 15) is 10.1 Å². The molecule has 2 rings (SSSR count). The molecule has 5 nitrogen and oxygen atoms in total. The van der Waals surface area contributed by atoms with Crippen molar-refractivity contribution in [2.45, 2.75) is 0 Å². The Labute approximate surface area is 125 Å². The lowest BCUT2D eigenvalue weighted by molar-refractivity contribution is -0.383. The minimum Gasteiger partial charge on any atom is -0.497 e. The van der Waals surface area contributed by atoms with Gasteiger partial charge in [-0.05, 0) is 36.4 Å². The second kappa shape index (κ2) is 5.98. The molecule has 0 amide bonds. The zero-order valence-electron chi connectivity index (χ0n) is 10.4. The molecule has 0 aliphatic rings. The van der Waals surface area contributed by atoms with Crippen LogP contribution in [0.4, 0.5) is 17.1 Å². The normalized spacial score (nSPS) is 10.2. The molecule has 0 unspecified atom stereocenters. The number of halogens is 2. The van der Waals surface area contributed by atoms with Gasteiger partial charge in [0.15, 0.2) is 0 Å². The molecule has 0 heterocycles. The molecule has 0 radical (unpaired) electrons. The van der Waals surface area contributed by atoms with E-state index in [4.69, 9.17) is 27.9 Å². The highest BCUT2D eigenvalue weighted by atomic mass is 35.5. The van der Waals surface area contributed by atoms with Crippen molar-refractivity contribution in [2.24, 2.45) is 0 Å². The third kappa shape index (κ3) is 2.95. The minimum absolute atomic E-state index is 0.0878. The summed E-state index contributed by atoms with van der Waals surface area (Å²) < 4.78 is 5.04. The standard InChI is InChI=1S/C13H10Cl2N2O3/c1-20-9-4-2-8(3-5-9)16-11-7-6-10(14)12(15)13(11)17(18)19/h2-7,16H,1H3. The molecule has 2 aromatic carbocycles. The molecule has 2 aromatic rings. The van der Waals surface area contributed by atoms with Crippen molar-refractivity contribution in [2.75, 3.05) is 12.4 Å². The molecule has 1 N–H and O–H groups in total. The van der Waals surface area contributed by atoms with Gasteiger partial charge in [-0.1, -0.05) is 23.2 Å². The Bertz CT molecular complexity index is 645. The molecule has 0 aliphatic carbocycles. The number of anilines is 2. The molecule has 0 bridgehead atoms. The third-order valence-electron chi connectivity index (χ3n) is 2.62. The van der Waals surface area contributed by atoms with E-state index in [0.29, 0.717) is 11.4 Å². The largest absolute Gasteiger partial charge is 0.497 e. The van der Waals surface area contributed by atoms with Crippen LogP contribution in [0.2, 0.25) is 10.0 Å². The number of nitro benzene ring substituents is 1. The first kappa shape index (κ1) is 14.4. The van der Waals surface area contributed by atoms with Crippen molar-refractivity contribution in [1.29, 1.82) is 0 Å². The predicted molar refractivity (Wildman–Crippen MR) is 79.4 cm³/mol. The fourth-order valence-electron chi connectivity index (χ4n) is 1.65. The van der Waals surface area contributed by atoms with E-state index >= 15 is 0 Å². The molecule has 0 aromatic heterocycles. The van der Waals surface area contributed by atoms with E-state index in [1.807, 2.05) is 0 Å². The summed E-state index contributed by atoms with van der Waals surface area (Å²) in [4.78, 5) is 10.5. The highest BCUT2D eigenvalue weighted by Gasteiger charge is 2.21. The van der Waals surface area contributed by atoms with Crippen LogP contribution in [-0.4, -0.2) is 12.0 Å². The summed E-state index contributed by atoms with van der Waals surface area (Å²) in [5.41, 5.74) is 0.692. The lowest BCUT2D eigenvalue weighted by atomic mass is 10.2. The maximum Gasteiger partial charge on any atom is 0.312 e. The lowest BCUT2D eigenvalue weighted by Crippen LogP contribution is -1.98. The van der Waals surface area contributed by atoms with Crippen molar-refractivity contribution in [3.8, 4) is 5.75 Å². The Kier molecular flexibility index (Phi) is 4.32. The maximum atomic E-state index is 11.1. The van der Waals surface area contributed by atoms with Gasteiger partial charge in [-0.25, -0.2) is 0 Å². The third-order valence-corrected chi connectivity index (χ3v) is 3.41. The topological polar surface area (TPSA) is 64.4 Å². The SMILES string of the molecule is COc1ccc(Nc2ccc(Cl)c(Cl)c2[N+](=O)[O-])cc1. The van der Waals surface area contributed by atoms with Crippen LogP contribution in [0.25, 0.3) is 0 Å². The monoisotopic (exact) mass is 312 g/mol. The Balaban J connectivity index is 2.37. The van der Waals surface area contributed by atoms with Gasteiger partial charge in [0.05, 0.1) is 17.1 Å². The van der Waals surface area contributed by atoms with Crippen molar-refractivity contribution < 1.29 is 9.66 Å². The van der Waals surface area contributed by atoms with E-state index in [-0.39, 0.29) is 21.4 Å². The fourth-order valence-corrected chi connectivity index (χ4v) is 2.04. The van der Waals surface area contributed by atoms with E-state index in [1.165, 1.54) is 12.1 Å². The van der Waals surface area contributed by atoms with E-state index in [0.717, 1.165) is 0 Å². The molecule has 0 atom stereocenters. The van der Waals surface area contributed by atoms with E-state index in [1.54, 1.807) is 31.4 Å². The Hall–Kier alpha value is -1.98. The number of ether oxygens (including phenoxy) is 1. The van der Waals surface area contributed by atoms with Crippen LogP contribution < -0.4 is 10.1 Å². The van der Waals surface area contributed by atoms with Gasteiger partial charge >= 0.3 is 5.69 Å². The number of benzene rings is 2. The van der Waals surface area contributed by atoms with Gasteiger partial charge in [-0.3, -0.25) is 10.1 Å². The van der Waals surface area contributed by atoms with Crippen LogP contribution >= 0.6 is 23.2 Å². The average molecular weight is 313 g/mol. The summed E-state index contributed by atoms with van der Waals surface area (Å²) in [5.74, 6) is 0.694. The molecule has 0 aliphatic heterocycles. The van der Waals surface area contributed by atoms with Crippen LogP contribution in [0.5, 0.6) is 5.75 Å². The van der Waals surface area contributed by atoms with Gasteiger partial charge in [0.1, 0.15) is 16.5 Å². The lowest BCUT2D eigenvalue weighted by Gasteiger charge is -2.09. The number of nitrogens with one attached hydrogen (secondary N) is 1. The second-order valence-electron chi connectivity index (χ2n) is 3.87. The van der Waals surface area contributed by atoms with Crippen molar-refractivity contribution >= 4 is 40.3 Å². The van der Waals surface area contributed by atoms with Crippen molar-refractivity contribution in [3.05, 3.63) is 56.6 Å². The minimum atomic E-state index is -0.569. The summed E-state index contributed by atoms with van der Waals surface area (Å²) in [7, 11) is 1.56. The molecule has 0 spiro atoms.